The van der Waals surface area contributed by atoms with Gasteiger partial charge in [-0.25, -0.2) is 8.78 Å². The average molecular weight is 456 g/mol. The van der Waals surface area contributed by atoms with Crippen LogP contribution in [0.5, 0.6) is 0 Å². The third-order valence-corrected chi connectivity index (χ3v) is 7.50. The van der Waals surface area contributed by atoms with Gasteiger partial charge >= 0.3 is 0 Å². The molecule has 0 N–H and O–H groups in total. The summed E-state index contributed by atoms with van der Waals surface area (Å²) < 4.78 is 28.1. The van der Waals surface area contributed by atoms with Crippen molar-refractivity contribution in [1.29, 1.82) is 0 Å². The molecule has 1 fully saturated rings. The topological polar surface area (TPSA) is 12.4 Å². The maximum Gasteiger partial charge on any atom is 0.153 e. The number of allylic oxidation sites excluding steroid dienone is 2. The third-order valence-electron chi connectivity index (χ3n) is 7.40. The fraction of sp³-hybridized carbons (Fsp3) is 0.607. The summed E-state index contributed by atoms with van der Waals surface area (Å²) in [5.74, 6) is 7.18. The maximum absolute atomic E-state index is 14.0. The molecular formula is C28H35F2NS. The quantitative estimate of drug-likeness (QED) is 0.173. The van der Waals surface area contributed by atoms with E-state index in [4.69, 9.17) is 0 Å². The van der Waals surface area contributed by atoms with Gasteiger partial charge in [0.1, 0.15) is 5.69 Å². The fourth-order valence-electron chi connectivity index (χ4n) is 5.48. The van der Waals surface area contributed by atoms with Gasteiger partial charge in [-0.2, -0.15) is 4.99 Å². The Kier molecular flexibility index (Phi) is 9.64. The second-order valence-electron chi connectivity index (χ2n) is 9.63. The number of nitrogens with zero attached hydrogens (tertiary/aromatic N) is 1. The van der Waals surface area contributed by atoms with E-state index in [1.54, 1.807) is 0 Å². The minimum Gasteiger partial charge on any atom is -0.204 e. The van der Waals surface area contributed by atoms with Gasteiger partial charge in [0.25, 0.3) is 0 Å². The molecule has 0 aromatic heterocycles. The molecule has 0 unspecified atom stereocenters. The number of unbranched alkanes of at least 4 members (excludes halogenated alkanes) is 3. The molecule has 172 valence electrons. The number of isothiocyanates is 1. The van der Waals surface area contributed by atoms with Crippen molar-refractivity contribution >= 4 is 23.1 Å². The van der Waals surface area contributed by atoms with Crippen LogP contribution >= 0.6 is 12.2 Å². The Balaban J connectivity index is 1.55. The minimum atomic E-state index is -0.762. The highest BCUT2D eigenvalue weighted by Crippen LogP contribution is 2.42. The summed E-state index contributed by atoms with van der Waals surface area (Å²) in [7, 11) is 0. The van der Waals surface area contributed by atoms with Gasteiger partial charge in [0.05, 0.1) is 5.16 Å². The molecule has 1 aromatic carbocycles. The van der Waals surface area contributed by atoms with E-state index in [0.29, 0.717) is 5.56 Å². The average Bonchev–Trinajstić information content (AvgIpc) is 2.79. The predicted octanol–water partition coefficient (Wildman–Crippen LogP) is 8.94. The largest absolute Gasteiger partial charge is 0.204 e. The van der Waals surface area contributed by atoms with Crippen molar-refractivity contribution in [3.8, 4) is 11.8 Å². The molecule has 0 bridgehead atoms. The Morgan fingerprint density at radius 1 is 0.969 bits per heavy atom. The first-order valence-corrected chi connectivity index (χ1v) is 12.7. The van der Waals surface area contributed by atoms with E-state index in [9.17, 15) is 8.78 Å². The summed E-state index contributed by atoms with van der Waals surface area (Å²) >= 11 is 4.44. The standard InChI is InChI=1S/C28H35F2NS/c1-3-4-5-6-7-21-8-12-24(13-9-21)25-15-14-23(20(2)16-25)11-10-22-17-26(29)28(31-19-32)27(30)18-22/h17-18,21,24-25H,3-9,12-16H2,1-2H3/t21?,24?,25-/m1/s1. The lowest BCUT2D eigenvalue weighted by Gasteiger charge is -2.36. The Labute approximate surface area is 197 Å². The van der Waals surface area contributed by atoms with Crippen molar-refractivity contribution in [2.24, 2.45) is 22.7 Å². The predicted molar refractivity (Wildman–Crippen MR) is 132 cm³/mol. The molecule has 3 rings (SSSR count). The van der Waals surface area contributed by atoms with Gasteiger partial charge in [0, 0.05) is 11.1 Å². The summed E-state index contributed by atoms with van der Waals surface area (Å²) in [4.78, 5) is 3.45. The molecule has 0 spiro atoms. The first-order valence-electron chi connectivity index (χ1n) is 12.3. The number of hydrogen-bond donors (Lipinski definition) is 0. The van der Waals surface area contributed by atoms with E-state index in [2.05, 4.69) is 42.9 Å². The van der Waals surface area contributed by atoms with E-state index < -0.39 is 17.3 Å². The Morgan fingerprint density at radius 2 is 1.69 bits per heavy atom. The van der Waals surface area contributed by atoms with Gasteiger partial charge in [0.15, 0.2) is 11.6 Å². The highest BCUT2D eigenvalue weighted by atomic mass is 32.1. The lowest BCUT2D eigenvalue weighted by Crippen LogP contribution is -2.24. The van der Waals surface area contributed by atoms with Crippen LogP contribution < -0.4 is 0 Å². The molecule has 2 aliphatic carbocycles. The van der Waals surface area contributed by atoms with Crippen molar-refractivity contribution in [1.82, 2.24) is 0 Å². The zero-order valence-corrected chi connectivity index (χ0v) is 20.3. The lowest BCUT2D eigenvalue weighted by atomic mass is 9.69. The molecule has 32 heavy (non-hydrogen) atoms. The van der Waals surface area contributed by atoms with Crippen LogP contribution in [0.1, 0.15) is 96.5 Å². The van der Waals surface area contributed by atoms with E-state index in [-0.39, 0.29) is 0 Å². The lowest BCUT2D eigenvalue weighted by molar-refractivity contribution is 0.183. The van der Waals surface area contributed by atoms with Gasteiger partial charge < -0.3 is 0 Å². The number of benzene rings is 1. The van der Waals surface area contributed by atoms with Crippen LogP contribution in [0.2, 0.25) is 0 Å². The highest BCUT2D eigenvalue weighted by molar-refractivity contribution is 7.78. The first kappa shape index (κ1) is 24.8. The molecule has 0 aliphatic heterocycles. The van der Waals surface area contributed by atoms with Gasteiger partial charge in [-0.1, -0.05) is 69.3 Å². The van der Waals surface area contributed by atoms with Gasteiger partial charge in [-0.05, 0) is 81.1 Å². The van der Waals surface area contributed by atoms with Crippen LogP contribution in [0.3, 0.4) is 0 Å². The molecule has 1 saturated carbocycles. The minimum absolute atomic E-state index is 0.322. The normalized spacial score (nSPS) is 23.3. The van der Waals surface area contributed by atoms with Gasteiger partial charge in [-0.3, -0.25) is 0 Å². The molecule has 1 aromatic rings. The second kappa shape index (κ2) is 12.4. The summed E-state index contributed by atoms with van der Waals surface area (Å²) in [5, 5.41) is 2.01. The SMILES string of the molecule is CCCCCCC1CCC([C@@H]2CCC(C#Cc3cc(F)c(N=C=S)c(F)c3)=C(C)C2)CC1. The van der Waals surface area contributed by atoms with Crippen LogP contribution in [0.25, 0.3) is 0 Å². The molecule has 4 heteroatoms. The van der Waals surface area contributed by atoms with E-state index in [0.717, 1.165) is 36.2 Å². The molecule has 0 saturated heterocycles. The van der Waals surface area contributed by atoms with Crippen molar-refractivity contribution < 1.29 is 8.78 Å². The van der Waals surface area contributed by atoms with Gasteiger partial charge in [0.2, 0.25) is 0 Å². The molecule has 0 radical (unpaired) electrons. The van der Waals surface area contributed by atoms with Crippen LogP contribution in [-0.4, -0.2) is 5.16 Å². The Bertz CT molecular complexity index is 901. The zero-order chi connectivity index (χ0) is 22.9. The summed E-state index contributed by atoms with van der Waals surface area (Å²) in [6, 6.07) is 2.42. The highest BCUT2D eigenvalue weighted by Gasteiger charge is 2.29. The number of halogens is 2. The number of aliphatic imine (C=N–C) groups is 1. The van der Waals surface area contributed by atoms with Crippen LogP contribution in [-0.2, 0) is 0 Å². The molecule has 2 aliphatic rings. The summed E-state index contributed by atoms with van der Waals surface area (Å²) in [6.45, 7) is 4.45. The first-order chi connectivity index (χ1) is 15.5. The molecule has 0 amide bonds. The van der Waals surface area contributed by atoms with Crippen LogP contribution in [0.15, 0.2) is 28.3 Å². The third kappa shape index (κ3) is 6.84. The monoisotopic (exact) mass is 455 g/mol. The Morgan fingerprint density at radius 3 is 2.31 bits per heavy atom. The smallest absolute Gasteiger partial charge is 0.153 e. The Hall–Kier alpha value is -1.82. The summed E-state index contributed by atoms with van der Waals surface area (Å²) in [6.07, 6.45) is 15.8. The van der Waals surface area contributed by atoms with Crippen molar-refractivity contribution in [2.75, 3.05) is 0 Å². The van der Waals surface area contributed by atoms with Crippen molar-refractivity contribution in [2.45, 2.75) is 90.9 Å². The number of hydrogen-bond acceptors (Lipinski definition) is 2. The fourth-order valence-corrected chi connectivity index (χ4v) is 5.57. The molecule has 0 heterocycles. The van der Waals surface area contributed by atoms with E-state index in [1.165, 1.54) is 81.9 Å². The second-order valence-corrected chi connectivity index (χ2v) is 9.82. The zero-order valence-electron chi connectivity index (χ0n) is 19.5. The van der Waals surface area contributed by atoms with Crippen molar-refractivity contribution in [3.05, 3.63) is 40.5 Å². The van der Waals surface area contributed by atoms with Gasteiger partial charge in [-0.15, -0.1) is 0 Å². The maximum atomic E-state index is 14.0. The van der Waals surface area contributed by atoms with E-state index >= 15 is 0 Å². The molecular weight excluding hydrogens is 420 g/mol. The molecule has 1 nitrogen and oxygen atoms in total. The van der Waals surface area contributed by atoms with Crippen molar-refractivity contribution in [3.63, 3.8) is 0 Å². The summed E-state index contributed by atoms with van der Waals surface area (Å²) in [5.41, 5.74) is 2.39. The van der Waals surface area contributed by atoms with E-state index in [1.807, 2.05) is 5.16 Å². The van der Waals surface area contributed by atoms with Crippen LogP contribution in [0.4, 0.5) is 14.5 Å². The number of rotatable bonds is 7. The number of thiocarbonyl (C=S) groups is 1. The molecule has 1 atom stereocenters. The van der Waals surface area contributed by atoms with Crippen LogP contribution in [0, 0.1) is 41.2 Å².